The van der Waals surface area contributed by atoms with E-state index in [4.69, 9.17) is 0 Å². The van der Waals surface area contributed by atoms with Gasteiger partial charge in [-0.1, -0.05) is 6.08 Å². The number of hydrogen-bond donors (Lipinski definition) is 1. The molecule has 5 nitrogen and oxygen atoms in total. The Labute approximate surface area is 109 Å². The average Bonchev–Trinajstić information content (AvgIpc) is 2.71. The highest BCUT2D eigenvalue weighted by molar-refractivity contribution is 5.87. The fourth-order valence-corrected chi connectivity index (χ4v) is 1.95. The molecule has 1 fully saturated rings. The summed E-state index contributed by atoms with van der Waals surface area (Å²) in [4.78, 5) is 26.6. The molecule has 0 radical (unpaired) electrons. The first kappa shape index (κ1) is 14.5. The molecule has 1 aliphatic heterocycles. The Morgan fingerprint density at radius 1 is 1.61 bits per heavy atom. The Kier molecular flexibility index (Phi) is 5.68. The molecular weight excluding hydrogens is 230 g/mol. The highest BCUT2D eigenvalue weighted by atomic mass is 16.2. The molecule has 0 saturated carbocycles. The van der Waals surface area contributed by atoms with Crippen molar-refractivity contribution in [2.75, 3.05) is 19.8 Å². The van der Waals surface area contributed by atoms with E-state index < -0.39 is 0 Å². The molecule has 0 spiro atoms. The van der Waals surface area contributed by atoms with Crippen LogP contribution < -0.4 is 5.32 Å². The van der Waals surface area contributed by atoms with Gasteiger partial charge < -0.3 is 10.2 Å². The quantitative estimate of drug-likeness (QED) is 0.577. The maximum absolute atomic E-state index is 11.9. The molecule has 102 valence electrons. The van der Waals surface area contributed by atoms with Crippen LogP contribution in [0.5, 0.6) is 0 Å². The Bertz CT molecular complexity index is 317. The van der Waals surface area contributed by atoms with E-state index in [0.717, 1.165) is 19.3 Å². The summed E-state index contributed by atoms with van der Waals surface area (Å²) in [5.74, 6) is 0.0203. The highest BCUT2D eigenvalue weighted by Crippen LogP contribution is 2.07. The van der Waals surface area contributed by atoms with Crippen LogP contribution in [0.25, 0.3) is 0 Å². The van der Waals surface area contributed by atoms with Crippen molar-refractivity contribution in [2.24, 2.45) is 0 Å². The number of carbonyl (C=O) groups excluding carboxylic acids is 2. The summed E-state index contributed by atoms with van der Waals surface area (Å²) in [6.07, 6.45) is 4.79. The Morgan fingerprint density at radius 3 is 2.89 bits per heavy atom. The van der Waals surface area contributed by atoms with E-state index in [1.165, 1.54) is 0 Å². The smallest absolute Gasteiger partial charge is 0.319 e. The molecule has 18 heavy (non-hydrogen) atoms. The van der Waals surface area contributed by atoms with Gasteiger partial charge in [0.15, 0.2) is 0 Å². The second-order valence-corrected chi connectivity index (χ2v) is 4.66. The van der Waals surface area contributed by atoms with E-state index in [9.17, 15) is 9.59 Å². The second kappa shape index (κ2) is 7.03. The normalized spacial score (nSPS) is 16.9. The third-order valence-corrected chi connectivity index (χ3v) is 3.10. The van der Waals surface area contributed by atoms with Crippen LogP contribution in [0, 0.1) is 0 Å². The van der Waals surface area contributed by atoms with E-state index in [0.29, 0.717) is 13.2 Å². The Morgan fingerprint density at radius 2 is 2.33 bits per heavy atom. The summed E-state index contributed by atoms with van der Waals surface area (Å²) in [6.45, 7) is 8.81. The number of unbranched alkanes of at least 4 members (excludes halogenated alkanes) is 1. The van der Waals surface area contributed by atoms with Crippen LogP contribution in [0.3, 0.4) is 0 Å². The van der Waals surface area contributed by atoms with Crippen molar-refractivity contribution >= 4 is 11.9 Å². The van der Waals surface area contributed by atoms with Gasteiger partial charge in [0.25, 0.3) is 0 Å². The molecule has 1 saturated heterocycles. The van der Waals surface area contributed by atoms with Gasteiger partial charge >= 0.3 is 6.03 Å². The second-order valence-electron chi connectivity index (χ2n) is 4.66. The van der Waals surface area contributed by atoms with Gasteiger partial charge in [0, 0.05) is 12.6 Å². The summed E-state index contributed by atoms with van der Waals surface area (Å²) >= 11 is 0. The van der Waals surface area contributed by atoms with Gasteiger partial charge in [0.2, 0.25) is 5.91 Å². The minimum Gasteiger partial charge on any atom is -0.335 e. The van der Waals surface area contributed by atoms with Gasteiger partial charge in [-0.3, -0.25) is 9.69 Å². The number of urea groups is 1. The zero-order valence-electron chi connectivity index (χ0n) is 11.3. The minimum atomic E-state index is -0.148. The summed E-state index contributed by atoms with van der Waals surface area (Å²) in [6, 6.07) is -0.0198. The molecule has 1 N–H and O–H groups in total. The molecular formula is C13H23N3O2. The number of likely N-dealkylation sites (N-methyl/N-ethyl adjacent to an activating group) is 1. The van der Waals surface area contributed by atoms with Crippen molar-refractivity contribution in [1.29, 1.82) is 0 Å². The maximum Gasteiger partial charge on any atom is 0.319 e. The van der Waals surface area contributed by atoms with Crippen molar-refractivity contribution in [3.05, 3.63) is 12.7 Å². The molecule has 1 rings (SSSR count). The van der Waals surface area contributed by atoms with Crippen LogP contribution >= 0.6 is 0 Å². The van der Waals surface area contributed by atoms with Gasteiger partial charge in [-0.15, -0.1) is 6.58 Å². The van der Waals surface area contributed by atoms with Crippen molar-refractivity contribution in [2.45, 2.75) is 39.2 Å². The van der Waals surface area contributed by atoms with E-state index >= 15 is 0 Å². The topological polar surface area (TPSA) is 52.7 Å². The minimum absolute atomic E-state index is 0.0203. The lowest BCUT2D eigenvalue weighted by molar-refractivity contribution is -0.126. The third-order valence-electron chi connectivity index (χ3n) is 3.10. The molecule has 0 aromatic rings. The van der Waals surface area contributed by atoms with Crippen LogP contribution in [0.4, 0.5) is 4.79 Å². The van der Waals surface area contributed by atoms with Crippen molar-refractivity contribution in [3.8, 4) is 0 Å². The van der Waals surface area contributed by atoms with Crippen LogP contribution in [0.15, 0.2) is 12.7 Å². The fraction of sp³-hybridized carbons (Fsp3) is 0.692. The maximum atomic E-state index is 11.9. The Balaban J connectivity index is 2.32. The molecule has 0 bridgehead atoms. The molecule has 0 aromatic carbocycles. The lowest BCUT2D eigenvalue weighted by Crippen LogP contribution is -2.43. The van der Waals surface area contributed by atoms with Gasteiger partial charge in [0.05, 0.1) is 6.67 Å². The largest absolute Gasteiger partial charge is 0.335 e. The number of amides is 3. The van der Waals surface area contributed by atoms with Crippen molar-refractivity contribution < 1.29 is 9.59 Å². The SMILES string of the molecule is C=CCCC[C@@H](C)NC(=O)N1CC(=O)N(CC)C1. The van der Waals surface area contributed by atoms with Gasteiger partial charge in [-0.2, -0.15) is 0 Å². The van der Waals surface area contributed by atoms with Crippen LogP contribution in [0.1, 0.15) is 33.1 Å². The molecule has 1 atom stereocenters. The fourth-order valence-electron chi connectivity index (χ4n) is 1.95. The lowest BCUT2D eigenvalue weighted by atomic mass is 10.1. The Hall–Kier alpha value is -1.52. The number of hydrogen-bond acceptors (Lipinski definition) is 2. The number of nitrogens with one attached hydrogen (secondary N) is 1. The molecule has 0 aromatic heterocycles. The first-order valence-electron chi connectivity index (χ1n) is 6.52. The van der Waals surface area contributed by atoms with Crippen LogP contribution in [0.2, 0.25) is 0 Å². The first-order valence-corrected chi connectivity index (χ1v) is 6.52. The number of allylic oxidation sites excluding steroid dienone is 1. The number of carbonyl (C=O) groups is 2. The van der Waals surface area contributed by atoms with E-state index in [1.807, 2.05) is 19.9 Å². The van der Waals surface area contributed by atoms with Crippen molar-refractivity contribution in [3.63, 3.8) is 0 Å². The molecule has 1 heterocycles. The summed E-state index contributed by atoms with van der Waals surface area (Å²) in [5, 5.41) is 2.92. The zero-order valence-corrected chi connectivity index (χ0v) is 11.3. The predicted octanol–water partition coefficient (Wildman–Crippen LogP) is 1.56. The standard InChI is InChI=1S/C13H23N3O2/c1-4-6-7-8-11(3)14-13(18)16-9-12(17)15(5-2)10-16/h4,11H,1,5-10H2,2-3H3,(H,14,18)/t11-/m1/s1. The summed E-state index contributed by atoms with van der Waals surface area (Å²) in [5.41, 5.74) is 0. The molecule has 1 aliphatic rings. The first-order chi connectivity index (χ1) is 8.58. The number of rotatable bonds is 6. The van der Waals surface area contributed by atoms with Crippen molar-refractivity contribution in [1.82, 2.24) is 15.1 Å². The molecule has 0 aliphatic carbocycles. The lowest BCUT2D eigenvalue weighted by Gasteiger charge is -2.20. The van der Waals surface area contributed by atoms with E-state index in [1.54, 1.807) is 9.80 Å². The van der Waals surface area contributed by atoms with E-state index in [2.05, 4.69) is 11.9 Å². The highest BCUT2D eigenvalue weighted by Gasteiger charge is 2.29. The van der Waals surface area contributed by atoms with Gasteiger partial charge in [-0.25, -0.2) is 4.79 Å². The zero-order chi connectivity index (χ0) is 13.5. The van der Waals surface area contributed by atoms with Gasteiger partial charge in [-0.05, 0) is 33.1 Å². The monoisotopic (exact) mass is 253 g/mol. The van der Waals surface area contributed by atoms with E-state index in [-0.39, 0.29) is 24.5 Å². The predicted molar refractivity (Wildman–Crippen MR) is 71.0 cm³/mol. The summed E-state index contributed by atoms with van der Waals surface area (Å²) in [7, 11) is 0. The molecule has 0 unspecified atom stereocenters. The molecule has 3 amide bonds. The summed E-state index contributed by atoms with van der Waals surface area (Å²) < 4.78 is 0. The van der Waals surface area contributed by atoms with Crippen LogP contribution in [-0.2, 0) is 4.79 Å². The van der Waals surface area contributed by atoms with Crippen LogP contribution in [-0.4, -0.2) is 47.5 Å². The van der Waals surface area contributed by atoms with Gasteiger partial charge in [0.1, 0.15) is 6.54 Å². The number of nitrogens with zero attached hydrogens (tertiary/aromatic N) is 2. The average molecular weight is 253 g/mol. The molecule has 5 heteroatoms. The third kappa shape index (κ3) is 4.05.